The van der Waals surface area contributed by atoms with Crippen molar-refractivity contribution < 1.29 is 9.84 Å². The second-order valence-corrected chi connectivity index (χ2v) is 6.65. The lowest BCUT2D eigenvalue weighted by Gasteiger charge is -2.29. The quantitative estimate of drug-likeness (QED) is 0.907. The van der Waals surface area contributed by atoms with Crippen LogP contribution in [-0.4, -0.2) is 30.2 Å². The third-order valence-corrected chi connectivity index (χ3v) is 4.61. The van der Waals surface area contributed by atoms with E-state index in [1.165, 1.54) is 19.3 Å². The summed E-state index contributed by atoms with van der Waals surface area (Å²) in [6.45, 7) is 9.09. The van der Waals surface area contributed by atoms with Crippen LogP contribution in [0.1, 0.15) is 51.6 Å². The SMILES string of the molecule is COc1ccc(C(C)N2CCCC(C)(C)CC2)c(O)c1. The summed E-state index contributed by atoms with van der Waals surface area (Å²) >= 11 is 0. The molecule has 112 valence electrons. The summed E-state index contributed by atoms with van der Waals surface area (Å²) in [5.41, 5.74) is 1.43. The smallest absolute Gasteiger partial charge is 0.124 e. The van der Waals surface area contributed by atoms with E-state index in [1.807, 2.05) is 12.1 Å². The van der Waals surface area contributed by atoms with Crippen molar-refractivity contribution >= 4 is 0 Å². The van der Waals surface area contributed by atoms with Gasteiger partial charge in [-0.05, 0) is 50.8 Å². The van der Waals surface area contributed by atoms with Gasteiger partial charge in [-0.25, -0.2) is 0 Å². The van der Waals surface area contributed by atoms with E-state index in [2.05, 4.69) is 25.7 Å². The van der Waals surface area contributed by atoms with Gasteiger partial charge in [-0.2, -0.15) is 0 Å². The first-order valence-corrected chi connectivity index (χ1v) is 7.54. The number of hydrogen-bond donors (Lipinski definition) is 1. The first-order chi connectivity index (χ1) is 9.43. The largest absolute Gasteiger partial charge is 0.507 e. The first kappa shape index (κ1) is 15.2. The molecule has 1 saturated heterocycles. The van der Waals surface area contributed by atoms with Crippen LogP contribution in [0, 0.1) is 5.41 Å². The molecule has 1 N–H and O–H groups in total. The summed E-state index contributed by atoms with van der Waals surface area (Å²) in [5, 5.41) is 10.2. The van der Waals surface area contributed by atoms with E-state index in [4.69, 9.17) is 4.74 Å². The highest BCUT2D eigenvalue weighted by atomic mass is 16.5. The second kappa shape index (κ2) is 6.04. The third kappa shape index (κ3) is 3.45. The van der Waals surface area contributed by atoms with Gasteiger partial charge in [0.1, 0.15) is 11.5 Å². The highest BCUT2D eigenvalue weighted by molar-refractivity contribution is 5.41. The molecule has 0 saturated carbocycles. The summed E-state index contributed by atoms with van der Waals surface area (Å²) in [5.74, 6) is 1.04. The summed E-state index contributed by atoms with van der Waals surface area (Å²) in [7, 11) is 1.62. The van der Waals surface area contributed by atoms with Crippen molar-refractivity contribution in [3.8, 4) is 11.5 Å². The van der Waals surface area contributed by atoms with E-state index in [9.17, 15) is 5.11 Å². The van der Waals surface area contributed by atoms with Crippen LogP contribution in [0.15, 0.2) is 18.2 Å². The number of phenols is 1. The minimum Gasteiger partial charge on any atom is -0.507 e. The molecule has 0 aliphatic carbocycles. The van der Waals surface area contributed by atoms with Crippen LogP contribution in [0.2, 0.25) is 0 Å². The minimum absolute atomic E-state index is 0.245. The van der Waals surface area contributed by atoms with Crippen LogP contribution in [0.3, 0.4) is 0 Å². The molecule has 0 spiro atoms. The van der Waals surface area contributed by atoms with Crippen molar-refractivity contribution in [3.05, 3.63) is 23.8 Å². The van der Waals surface area contributed by atoms with Crippen LogP contribution >= 0.6 is 0 Å². The molecule has 0 radical (unpaired) electrons. The highest BCUT2D eigenvalue weighted by Gasteiger charge is 2.26. The lowest BCUT2D eigenvalue weighted by Crippen LogP contribution is -2.28. The summed E-state index contributed by atoms with van der Waals surface area (Å²) in [6, 6.07) is 5.85. The van der Waals surface area contributed by atoms with E-state index in [1.54, 1.807) is 13.2 Å². The molecule has 1 atom stereocenters. The predicted molar refractivity (Wildman–Crippen MR) is 82.3 cm³/mol. The average Bonchev–Trinajstić information content (AvgIpc) is 2.59. The normalized spacial score (nSPS) is 21.2. The van der Waals surface area contributed by atoms with Crippen molar-refractivity contribution in [2.75, 3.05) is 20.2 Å². The van der Waals surface area contributed by atoms with Gasteiger partial charge >= 0.3 is 0 Å². The molecular weight excluding hydrogens is 250 g/mol. The van der Waals surface area contributed by atoms with Gasteiger partial charge in [-0.1, -0.05) is 19.9 Å². The maximum Gasteiger partial charge on any atom is 0.124 e. The Labute approximate surface area is 122 Å². The molecule has 1 aliphatic heterocycles. The lowest BCUT2D eigenvalue weighted by atomic mass is 9.85. The van der Waals surface area contributed by atoms with Crippen LogP contribution < -0.4 is 4.74 Å². The van der Waals surface area contributed by atoms with Gasteiger partial charge in [0.15, 0.2) is 0 Å². The molecule has 1 aromatic rings. The number of ether oxygens (including phenoxy) is 1. The van der Waals surface area contributed by atoms with E-state index < -0.39 is 0 Å². The number of nitrogens with zero attached hydrogens (tertiary/aromatic N) is 1. The molecule has 2 rings (SSSR count). The van der Waals surface area contributed by atoms with Gasteiger partial charge in [-0.3, -0.25) is 4.90 Å². The van der Waals surface area contributed by atoms with Crippen molar-refractivity contribution in [1.29, 1.82) is 0 Å². The Morgan fingerprint density at radius 1 is 1.25 bits per heavy atom. The average molecular weight is 277 g/mol. The molecule has 20 heavy (non-hydrogen) atoms. The van der Waals surface area contributed by atoms with Gasteiger partial charge in [0.05, 0.1) is 7.11 Å². The fourth-order valence-electron chi connectivity index (χ4n) is 3.03. The molecule has 0 aromatic heterocycles. The lowest BCUT2D eigenvalue weighted by molar-refractivity contribution is 0.205. The molecular formula is C17H27NO2. The molecule has 0 bridgehead atoms. The molecule has 1 heterocycles. The number of benzene rings is 1. The predicted octanol–water partition coefficient (Wildman–Crippen LogP) is 3.97. The number of hydrogen-bond acceptors (Lipinski definition) is 3. The van der Waals surface area contributed by atoms with Crippen molar-refractivity contribution in [2.45, 2.75) is 46.1 Å². The Bertz CT molecular complexity index is 456. The van der Waals surface area contributed by atoms with Gasteiger partial charge in [0.2, 0.25) is 0 Å². The summed E-state index contributed by atoms with van der Waals surface area (Å²) in [4.78, 5) is 2.48. The molecule has 0 amide bonds. The minimum atomic E-state index is 0.245. The maximum absolute atomic E-state index is 10.2. The number of methoxy groups -OCH3 is 1. The number of phenolic OH excluding ortho intramolecular Hbond substituents is 1. The number of likely N-dealkylation sites (tertiary alicyclic amines) is 1. The topological polar surface area (TPSA) is 32.7 Å². The van der Waals surface area contributed by atoms with Crippen molar-refractivity contribution in [2.24, 2.45) is 5.41 Å². The van der Waals surface area contributed by atoms with E-state index >= 15 is 0 Å². The van der Waals surface area contributed by atoms with Gasteiger partial charge < -0.3 is 9.84 Å². The standard InChI is InChI=1S/C17H27NO2/c1-13(15-7-6-14(20-4)12-16(15)19)18-10-5-8-17(2,3)9-11-18/h6-7,12-13,19H,5,8-11H2,1-4H3. The zero-order chi connectivity index (χ0) is 14.8. The third-order valence-electron chi connectivity index (χ3n) is 4.61. The zero-order valence-electron chi connectivity index (χ0n) is 13.1. The van der Waals surface area contributed by atoms with Gasteiger partial charge in [0, 0.05) is 17.7 Å². The monoisotopic (exact) mass is 277 g/mol. The van der Waals surface area contributed by atoms with Crippen molar-refractivity contribution in [1.82, 2.24) is 4.90 Å². The Morgan fingerprint density at radius 2 is 2.00 bits per heavy atom. The molecule has 3 heteroatoms. The Balaban J connectivity index is 2.12. The Kier molecular flexibility index (Phi) is 4.59. The number of rotatable bonds is 3. The Morgan fingerprint density at radius 3 is 2.65 bits per heavy atom. The second-order valence-electron chi connectivity index (χ2n) is 6.65. The van der Waals surface area contributed by atoms with Crippen molar-refractivity contribution in [3.63, 3.8) is 0 Å². The van der Waals surface area contributed by atoms with Crippen LogP contribution in [0.25, 0.3) is 0 Å². The molecule has 3 nitrogen and oxygen atoms in total. The van der Waals surface area contributed by atoms with E-state index in [0.29, 0.717) is 16.9 Å². The molecule has 1 aliphatic rings. The number of aromatic hydroxyl groups is 1. The van der Waals surface area contributed by atoms with Crippen LogP contribution in [0.5, 0.6) is 11.5 Å². The summed E-state index contributed by atoms with van der Waals surface area (Å²) in [6.07, 6.45) is 3.73. The van der Waals surface area contributed by atoms with E-state index in [0.717, 1.165) is 18.7 Å². The Hall–Kier alpha value is -1.22. The highest BCUT2D eigenvalue weighted by Crippen LogP contribution is 2.36. The molecule has 1 fully saturated rings. The summed E-state index contributed by atoms with van der Waals surface area (Å²) < 4.78 is 5.15. The fraction of sp³-hybridized carbons (Fsp3) is 0.647. The van der Waals surface area contributed by atoms with Gasteiger partial charge in [0.25, 0.3) is 0 Å². The van der Waals surface area contributed by atoms with Crippen LogP contribution in [0.4, 0.5) is 0 Å². The zero-order valence-corrected chi connectivity index (χ0v) is 13.1. The van der Waals surface area contributed by atoms with Gasteiger partial charge in [-0.15, -0.1) is 0 Å². The van der Waals surface area contributed by atoms with E-state index in [-0.39, 0.29) is 6.04 Å². The maximum atomic E-state index is 10.2. The van der Waals surface area contributed by atoms with Crippen LogP contribution in [-0.2, 0) is 0 Å². The fourth-order valence-corrected chi connectivity index (χ4v) is 3.03. The molecule has 1 aromatic carbocycles. The first-order valence-electron chi connectivity index (χ1n) is 7.54. The molecule has 1 unspecified atom stereocenters.